The summed E-state index contributed by atoms with van der Waals surface area (Å²) in [4.78, 5) is 37.1. The summed E-state index contributed by atoms with van der Waals surface area (Å²) in [5.41, 5.74) is 11.8. The first-order valence-electron chi connectivity index (χ1n) is 14.2. The van der Waals surface area contributed by atoms with Gasteiger partial charge in [0.2, 0.25) is 0 Å². The van der Waals surface area contributed by atoms with E-state index in [9.17, 15) is 18.8 Å². The van der Waals surface area contributed by atoms with Crippen molar-refractivity contribution in [2.24, 2.45) is 5.73 Å². The van der Waals surface area contributed by atoms with Crippen molar-refractivity contribution in [3.8, 4) is 11.1 Å². The van der Waals surface area contributed by atoms with Gasteiger partial charge in [0.15, 0.2) is 5.82 Å². The summed E-state index contributed by atoms with van der Waals surface area (Å²) in [6.07, 6.45) is 4.26. The van der Waals surface area contributed by atoms with Gasteiger partial charge in [-0.3, -0.25) is 9.89 Å². The van der Waals surface area contributed by atoms with Gasteiger partial charge in [-0.1, -0.05) is 54.1 Å². The van der Waals surface area contributed by atoms with E-state index in [1.807, 2.05) is 36.4 Å². The van der Waals surface area contributed by atoms with Crippen molar-refractivity contribution in [1.29, 1.82) is 0 Å². The van der Waals surface area contributed by atoms with Crippen LogP contribution in [0.25, 0.3) is 22.0 Å². The van der Waals surface area contributed by atoms with Crippen molar-refractivity contribution in [3.05, 3.63) is 124 Å². The van der Waals surface area contributed by atoms with Crippen molar-refractivity contribution >= 4 is 52.0 Å². The summed E-state index contributed by atoms with van der Waals surface area (Å²) in [7, 11) is 1.79. The molecule has 6 rings (SSSR count). The fourth-order valence-corrected chi connectivity index (χ4v) is 5.47. The zero-order valence-electron chi connectivity index (χ0n) is 24.6. The van der Waals surface area contributed by atoms with E-state index in [1.54, 1.807) is 43.6 Å². The third-order valence-corrected chi connectivity index (χ3v) is 7.92. The number of amides is 1. The highest BCUT2D eigenvalue weighted by Gasteiger charge is 2.33. The first-order valence-corrected chi connectivity index (χ1v) is 14.6. The second-order valence-corrected chi connectivity index (χ2v) is 10.7. The molecular formula is C34H30ClFN6O4. The Kier molecular flexibility index (Phi) is 9.63. The average Bonchev–Trinajstić information content (AvgIpc) is 3.57. The highest BCUT2D eigenvalue weighted by molar-refractivity contribution is 6.31. The van der Waals surface area contributed by atoms with E-state index in [-0.39, 0.29) is 16.4 Å². The summed E-state index contributed by atoms with van der Waals surface area (Å²) >= 11 is 5.80. The van der Waals surface area contributed by atoms with E-state index in [1.165, 1.54) is 23.2 Å². The molecule has 234 valence electrons. The summed E-state index contributed by atoms with van der Waals surface area (Å²) in [6, 6.07) is 21.9. The fourth-order valence-electron chi connectivity index (χ4n) is 5.30. The molecule has 0 saturated heterocycles. The molecule has 0 fully saturated rings. The van der Waals surface area contributed by atoms with Gasteiger partial charge in [-0.15, -0.1) is 0 Å². The average molecular weight is 641 g/mol. The number of nitrogens with zero attached hydrogens (tertiary/aromatic N) is 2. The lowest BCUT2D eigenvalue weighted by molar-refractivity contribution is -0.133. The monoisotopic (exact) mass is 640 g/mol. The molecule has 12 heteroatoms. The summed E-state index contributed by atoms with van der Waals surface area (Å²) < 4.78 is 14.1. The number of aromatic amines is 1. The third-order valence-electron chi connectivity index (χ3n) is 7.63. The molecule has 0 bridgehead atoms. The van der Waals surface area contributed by atoms with E-state index < -0.39 is 23.7 Å². The van der Waals surface area contributed by atoms with Crippen LogP contribution in [-0.4, -0.2) is 52.0 Å². The number of hydrogen-bond acceptors (Lipinski definition) is 7. The topological polar surface area (TPSA) is 153 Å². The lowest BCUT2D eigenvalue weighted by Gasteiger charge is -2.35. The number of aromatic carboxylic acids is 1. The zero-order valence-corrected chi connectivity index (χ0v) is 25.4. The Morgan fingerprint density at radius 3 is 2.50 bits per heavy atom. The van der Waals surface area contributed by atoms with E-state index in [0.717, 1.165) is 45.1 Å². The molecule has 1 amide bonds. The molecule has 1 aromatic heterocycles. The maximum Gasteiger partial charge on any atom is 0.335 e. The number of halogens is 2. The number of carbonyl (C=O) groups excluding carboxylic acids is 2. The molecule has 0 aliphatic carbocycles. The van der Waals surface area contributed by atoms with Crippen LogP contribution in [0.1, 0.15) is 27.5 Å². The Morgan fingerprint density at radius 1 is 1.07 bits per heavy atom. The number of benzene rings is 4. The predicted octanol–water partition coefficient (Wildman–Crippen LogP) is 5.99. The van der Waals surface area contributed by atoms with Gasteiger partial charge in [0.1, 0.15) is 18.0 Å². The minimum Gasteiger partial charge on any atom is -0.478 e. The number of rotatable bonds is 7. The second-order valence-electron chi connectivity index (χ2n) is 10.3. The van der Waals surface area contributed by atoms with Crippen LogP contribution in [0.15, 0.2) is 97.0 Å². The van der Waals surface area contributed by atoms with Gasteiger partial charge in [0.25, 0.3) is 5.91 Å². The number of anilines is 2. The zero-order chi connectivity index (χ0) is 32.8. The van der Waals surface area contributed by atoms with Gasteiger partial charge >= 0.3 is 5.97 Å². The highest BCUT2D eigenvalue weighted by atomic mass is 35.5. The molecule has 46 heavy (non-hydrogen) atoms. The second kappa shape index (κ2) is 14.0. The number of H-pyrrole nitrogens is 1. The van der Waals surface area contributed by atoms with E-state index in [4.69, 9.17) is 22.4 Å². The van der Waals surface area contributed by atoms with Crippen molar-refractivity contribution in [1.82, 2.24) is 15.1 Å². The molecule has 1 aliphatic rings. The summed E-state index contributed by atoms with van der Waals surface area (Å²) in [5.74, 6) is -2.07. The number of nitrogens with one attached hydrogen (secondary N) is 3. The maximum atomic E-state index is 14.1. The van der Waals surface area contributed by atoms with E-state index in [2.05, 4.69) is 20.8 Å². The Bertz CT molecular complexity index is 1940. The first kappa shape index (κ1) is 31.7. The third kappa shape index (κ3) is 6.54. The number of fused-ring (bicyclic) bond motifs is 2. The largest absolute Gasteiger partial charge is 0.478 e. The SMILES string of the molecule is CNc1ccc(C(=O)O)cc1.N/C(=C\Nc1cccc(Cl)c1F)C(=O)N1CCc2c(-c3cccc4cn[nH]c34)cccc2C1C=O. The number of carboxylic acids is 1. The van der Waals surface area contributed by atoms with Gasteiger partial charge in [0.05, 0.1) is 28.0 Å². The number of aldehydes is 1. The lowest BCUT2D eigenvalue weighted by Crippen LogP contribution is -2.43. The molecule has 0 spiro atoms. The molecule has 5 aromatic rings. The van der Waals surface area contributed by atoms with Crippen LogP contribution in [0.2, 0.25) is 5.02 Å². The number of carbonyl (C=O) groups is 3. The molecule has 0 radical (unpaired) electrons. The maximum absolute atomic E-state index is 14.1. The number of nitrogens with two attached hydrogens (primary N) is 1. The minimum absolute atomic E-state index is 0.0522. The Labute approximate surface area is 268 Å². The Hall–Kier alpha value is -5.68. The van der Waals surface area contributed by atoms with Gasteiger partial charge in [-0.25, -0.2) is 9.18 Å². The van der Waals surface area contributed by atoms with Gasteiger partial charge < -0.3 is 31.2 Å². The molecule has 4 aromatic carbocycles. The standard InChI is InChI=1S/C26H21ClFN5O2.C8H9NO2/c27-20-8-3-9-22(24(20)28)30-13-21(29)26(35)33-11-10-17-16(5-2-6-18(17)23(33)14-34)19-7-1-4-15-12-31-32-25(15)19;1-9-7-4-2-6(3-5-7)8(10)11/h1-9,12-14,23,30H,10-11,29H2,(H,31,32);2-5,9H,1H3,(H,10,11)/b21-13-;. The van der Waals surface area contributed by atoms with Gasteiger partial charge in [0, 0.05) is 36.4 Å². The summed E-state index contributed by atoms with van der Waals surface area (Å²) in [5, 5.41) is 22.2. The van der Waals surface area contributed by atoms with Crippen LogP contribution in [0.5, 0.6) is 0 Å². The first-order chi connectivity index (χ1) is 22.2. The molecule has 0 saturated carbocycles. The van der Waals surface area contributed by atoms with E-state index >= 15 is 0 Å². The molecule has 6 N–H and O–H groups in total. The van der Waals surface area contributed by atoms with Crippen molar-refractivity contribution in [2.45, 2.75) is 12.5 Å². The number of carboxylic acid groups (broad SMARTS) is 1. The van der Waals surface area contributed by atoms with Crippen LogP contribution in [0.3, 0.4) is 0 Å². The smallest absolute Gasteiger partial charge is 0.335 e. The van der Waals surface area contributed by atoms with Crippen LogP contribution in [-0.2, 0) is 16.0 Å². The van der Waals surface area contributed by atoms with Crippen LogP contribution >= 0.6 is 11.6 Å². The van der Waals surface area contributed by atoms with Crippen molar-refractivity contribution in [3.63, 3.8) is 0 Å². The minimum atomic E-state index is -0.896. The van der Waals surface area contributed by atoms with Crippen LogP contribution < -0.4 is 16.4 Å². The lowest BCUT2D eigenvalue weighted by atomic mass is 9.86. The normalized spacial score (nSPS) is 14.1. The molecular weight excluding hydrogens is 611 g/mol. The molecule has 1 unspecified atom stereocenters. The van der Waals surface area contributed by atoms with Crippen LogP contribution in [0.4, 0.5) is 15.8 Å². The quantitative estimate of drug-likeness (QED) is 0.107. The molecule has 10 nitrogen and oxygen atoms in total. The number of para-hydroxylation sites is 1. The Balaban J connectivity index is 0.000000322. The molecule has 1 atom stereocenters. The fraction of sp³-hybridized carbons (Fsp3) is 0.118. The number of aromatic nitrogens is 2. The number of hydrogen-bond donors (Lipinski definition) is 5. The van der Waals surface area contributed by atoms with E-state index in [0.29, 0.717) is 18.5 Å². The highest BCUT2D eigenvalue weighted by Crippen LogP contribution is 2.37. The predicted molar refractivity (Wildman–Crippen MR) is 176 cm³/mol. The van der Waals surface area contributed by atoms with Crippen molar-refractivity contribution < 1.29 is 23.9 Å². The van der Waals surface area contributed by atoms with Crippen LogP contribution in [0, 0.1) is 5.82 Å². The van der Waals surface area contributed by atoms with Crippen molar-refractivity contribution in [2.75, 3.05) is 24.2 Å². The van der Waals surface area contributed by atoms with Gasteiger partial charge in [-0.2, -0.15) is 5.10 Å². The molecule has 1 aliphatic heterocycles. The Morgan fingerprint density at radius 2 is 1.78 bits per heavy atom. The summed E-state index contributed by atoms with van der Waals surface area (Å²) in [6.45, 7) is 0.297. The van der Waals surface area contributed by atoms with Gasteiger partial charge in [-0.05, 0) is 59.5 Å². The molecule has 2 heterocycles.